The Morgan fingerprint density at radius 1 is 0.958 bits per heavy atom. The zero-order valence-corrected chi connectivity index (χ0v) is 12.8. The summed E-state index contributed by atoms with van der Waals surface area (Å²) in [5.41, 5.74) is 3.07. The van der Waals surface area contributed by atoms with Crippen molar-refractivity contribution in [3.8, 4) is 0 Å². The molecule has 4 heteroatoms. The van der Waals surface area contributed by atoms with Crippen molar-refractivity contribution >= 4 is 28.4 Å². The van der Waals surface area contributed by atoms with Crippen LogP contribution in [0.3, 0.4) is 0 Å². The Bertz CT molecular complexity index is 942. The van der Waals surface area contributed by atoms with Gasteiger partial charge in [-0.3, -0.25) is 9.59 Å². The molecule has 3 aliphatic rings. The molecule has 0 spiro atoms. The molecule has 0 saturated heterocycles. The summed E-state index contributed by atoms with van der Waals surface area (Å²) in [6.45, 7) is 0. The van der Waals surface area contributed by atoms with Gasteiger partial charge in [-0.15, -0.1) is 0 Å². The molecule has 5 atom stereocenters. The smallest absolute Gasteiger partial charge is 0.172 e. The van der Waals surface area contributed by atoms with Gasteiger partial charge in [0.05, 0.1) is 5.92 Å². The molecular weight excluding hydrogens is 304 g/mol. The van der Waals surface area contributed by atoms with Crippen molar-refractivity contribution in [2.75, 3.05) is 0 Å². The predicted molar refractivity (Wildman–Crippen MR) is 88.6 cm³/mol. The zero-order valence-electron chi connectivity index (χ0n) is 12.8. The predicted octanol–water partition coefficient (Wildman–Crippen LogP) is 1.93. The molecule has 0 radical (unpaired) electrons. The van der Waals surface area contributed by atoms with Crippen LogP contribution in [0, 0.1) is 5.92 Å². The molecule has 2 aromatic carbocycles. The first-order valence-electron chi connectivity index (χ1n) is 8.25. The highest BCUT2D eigenvalue weighted by Crippen LogP contribution is 2.51. The van der Waals surface area contributed by atoms with E-state index >= 15 is 0 Å². The van der Waals surface area contributed by atoms with Gasteiger partial charge in [-0.05, 0) is 33.9 Å². The van der Waals surface area contributed by atoms with Gasteiger partial charge in [-0.2, -0.15) is 0 Å². The standard InChI is InChI=1S/C20H16O4/c21-17-13-8-11-5-4-9-2-1-3-10-6-7-12(15(11)14(9)10)16(13)18(22)20(24)19(17)23/h1-7,11,13,16,19-20,23-24H,8H2. The summed E-state index contributed by atoms with van der Waals surface area (Å²) in [5.74, 6) is -1.98. The Labute approximate surface area is 138 Å². The summed E-state index contributed by atoms with van der Waals surface area (Å²) < 4.78 is 0. The second kappa shape index (κ2) is 4.62. The maximum Gasteiger partial charge on any atom is 0.172 e. The van der Waals surface area contributed by atoms with E-state index in [1.807, 2.05) is 30.3 Å². The third kappa shape index (κ3) is 1.60. The minimum Gasteiger partial charge on any atom is -0.382 e. The second-order valence-corrected chi connectivity index (χ2v) is 6.99. The highest BCUT2D eigenvalue weighted by atomic mass is 16.3. The van der Waals surface area contributed by atoms with E-state index in [2.05, 4.69) is 12.2 Å². The number of ketones is 2. The summed E-state index contributed by atoms with van der Waals surface area (Å²) in [6, 6.07) is 10.0. The lowest BCUT2D eigenvalue weighted by Gasteiger charge is -2.42. The molecule has 24 heavy (non-hydrogen) atoms. The SMILES string of the molecule is O=C1C(O)C(O)C(=O)C2c3ccc4cccc5c4c3C(C=C5)CC12. The van der Waals surface area contributed by atoms with Crippen LogP contribution in [-0.4, -0.2) is 34.0 Å². The minimum absolute atomic E-state index is 0.0686. The number of carbonyl (C=O) groups is 2. The van der Waals surface area contributed by atoms with Crippen LogP contribution in [0.2, 0.25) is 0 Å². The minimum atomic E-state index is -1.62. The molecule has 3 aliphatic carbocycles. The fraction of sp³-hybridized carbons (Fsp3) is 0.300. The van der Waals surface area contributed by atoms with Gasteiger partial charge in [-0.1, -0.05) is 42.5 Å². The van der Waals surface area contributed by atoms with E-state index in [0.29, 0.717) is 6.42 Å². The van der Waals surface area contributed by atoms with E-state index in [1.165, 1.54) is 0 Å². The van der Waals surface area contributed by atoms with Crippen LogP contribution in [0.1, 0.15) is 34.9 Å². The van der Waals surface area contributed by atoms with Gasteiger partial charge in [0, 0.05) is 11.8 Å². The first-order chi connectivity index (χ1) is 11.6. The molecule has 2 aromatic rings. The van der Waals surface area contributed by atoms with Crippen molar-refractivity contribution in [2.45, 2.75) is 30.5 Å². The van der Waals surface area contributed by atoms with Crippen molar-refractivity contribution in [3.05, 3.63) is 53.1 Å². The van der Waals surface area contributed by atoms with Gasteiger partial charge in [0.25, 0.3) is 0 Å². The first kappa shape index (κ1) is 14.1. The largest absolute Gasteiger partial charge is 0.382 e. The van der Waals surface area contributed by atoms with Gasteiger partial charge in [0.2, 0.25) is 0 Å². The molecule has 0 heterocycles. The van der Waals surface area contributed by atoms with Crippen LogP contribution in [-0.2, 0) is 9.59 Å². The molecule has 4 nitrogen and oxygen atoms in total. The Morgan fingerprint density at radius 3 is 2.58 bits per heavy atom. The average molecular weight is 320 g/mol. The lowest BCUT2D eigenvalue weighted by atomic mass is 9.61. The molecule has 0 aromatic heterocycles. The van der Waals surface area contributed by atoms with Crippen LogP contribution in [0.15, 0.2) is 36.4 Å². The molecular formula is C20H16O4. The monoisotopic (exact) mass is 320 g/mol. The summed E-state index contributed by atoms with van der Waals surface area (Å²) in [4.78, 5) is 25.1. The molecule has 0 bridgehead atoms. The third-order valence-electron chi connectivity index (χ3n) is 5.83. The van der Waals surface area contributed by atoms with Crippen molar-refractivity contribution < 1.29 is 19.8 Å². The first-order valence-corrected chi connectivity index (χ1v) is 8.25. The van der Waals surface area contributed by atoms with E-state index in [0.717, 1.165) is 27.5 Å². The third-order valence-corrected chi connectivity index (χ3v) is 5.83. The van der Waals surface area contributed by atoms with Crippen LogP contribution in [0.4, 0.5) is 0 Å². The number of carbonyl (C=O) groups excluding carboxylic acids is 2. The lowest BCUT2D eigenvalue weighted by molar-refractivity contribution is -0.156. The van der Waals surface area contributed by atoms with Crippen LogP contribution in [0.5, 0.6) is 0 Å². The van der Waals surface area contributed by atoms with Crippen LogP contribution >= 0.6 is 0 Å². The number of hydrogen-bond acceptors (Lipinski definition) is 4. The fourth-order valence-electron chi connectivity index (χ4n) is 4.75. The summed E-state index contributed by atoms with van der Waals surface area (Å²) in [6.07, 6.45) is 1.46. The molecule has 0 amide bonds. The number of rotatable bonds is 0. The quantitative estimate of drug-likeness (QED) is 0.778. The van der Waals surface area contributed by atoms with E-state index in [1.54, 1.807) is 0 Å². The second-order valence-electron chi connectivity index (χ2n) is 6.99. The Hall–Kier alpha value is -2.30. The van der Waals surface area contributed by atoms with E-state index < -0.39 is 35.6 Å². The zero-order chi connectivity index (χ0) is 16.6. The van der Waals surface area contributed by atoms with Gasteiger partial charge in [-0.25, -0.2) is 0 Å². The van der Waals surface area contributed by atoms with Crippen LogP contribution in [0.25, 0.3) is 16.8 Å². The number of fused-ring (bicyclic) bond motifs is 2. The number of aliphatic hydroxyl groups is 2. The Balaban J connectivity index is 1.81. The summed E-state index contributed by atoms with van der Waals surface area (Å²) in [5, 5.41) is 22.2. The van der Waals surface area contributed by atoms with Gasteiger partial charge in [0.15, 0.2) is 11.6 Å². The number of Topliss-reactive ketones (excluding diaryl/α,β-unsaturated/α-hetero) is 2. The topological polar surface area (TPSA) is 74.6 Å². The summed E-state index contributed by atoms with van der Waals surface area (Å²) >= 11 is 0. The highest BCUT2D eigenvalue weighted by Gasteiger charge is 2.52. The number of allylic oxidation sites excluding steroid dienone is 1. The van der Waals surface area contributed by atoms with Crippen molar-refractivity contribution in [2.24, 2.45) is 5.92 Å². The van der Waals surface area contributed by atoms with Crippen LogP contribution < -0.4 is 0 Å². The molecule has 0 aliphatic heterocycles. The highest BCUT2D eigenvalue weighted by molar-refractivity contribution is 6.07. The molecule has 5 rings (SSSR count). The number of hydrogen-bond donors (Lipinski definition) is 2. The normalized spacial score (nSPS) is 33.7. The van der Waals surface area contributed by atoms with Gasteiger partial charge >= 0.3 is 0 Å². The maximum atomic E-state index is 12.6. The van der Waals surface area contributed by atoms with Crippen molar-refractivity contribution in [1.29, 1.82) is 0 Å². The molecule has 1 fully saturated rings. The Kier molecular flexibility index (Phi) is 2.71. The molecule has 120 valence electrons. The van der Waals surface area contributed by atoms with E-state index in [9.17, 15) is 19.8 Å². The number of benzene rings is 2. The maximum absolute atomic E-state index is 12.6. The fourth-order valence-corrected chi connectivity index (χ4v) is 4.75. The molecule has 2 N–H and O–H groups in total. The van der Waals surface area contributed by atoms with Crippen molar-refractivity contribution in [3.63, 3.8) is 0 Å². The van der Waals surface area contributed by atoms with E-state index in [-0.39, 0.29) is 5.92 Å². The lowest BCUT2D eigenvalue weighted by Crippen LogP contribution is -2.54. The summed E-state index contributed by atoms with van der Waals surface area (Å²) in [7, 11) is 0. The average Bonchev–Trinajstić information content (AvgIpc) is 2.62. The van der Waals surface area contributed by atoms with Crippen molar-refractivity contribution in [1.82, 2.24) is 0 Å². The van der Waals surface area contributed by atoms with E-state index in [4.69, 9.17) is 0 Å². The number of aliphatic hydroxyl groups excluding tert-OH is 2. The van der Waals surface area contributed by atoms with Gasteiger partial charge < -0.3 is 10.2 Å². The molecule has 1 saturated carbocycles. The van der Waals surface area contributed by atoms with Gasteiger partial charge in [0.1, 0.15) is 12.2 Å². The Morgan fingerprint density at radius 2 is 1.75 bits per heavy atom. The molecule has 5 unspecified atom stereocenters.